The minimum absolute atomic E-state index is 0.0584. The van der Waals surface area contributed by atoms with Crippen LogP contribution in [-0.2, 0) is 4.79 Å². The molecule has 3 N–H and O–H groups in total. The summed E-state index contributed by atoms with van der Waals surface area (Å²) in [7, 11) is 0. The second-order valence-corrected chi connectivity index (χ2v) is 4.58. The van der Waals surface area contributed by atoms with Crippen LogP contribution in [-0.4, -0.2) is 34.3 Å². The maximum atomic E-state index is 12.1. The molecule has 0 radical (unpaired) electrons. The van der Waals surface area contributed by atoms with Crippen LogP contribution in [0.3, 0.4) is 0 Å². The van der Waals surface area contributed by atoms with Gasteiger partial charge in [0.1, 0.15) is 11.3 Å². The molecule has 0 bridgehead atoms. The molecule has 1 fully saturated rings. The minimum Gasteiger partial charge on any atom is -0.508 e. The molecule has 1 aromatic carbocycles. The fourth-order valence-corrected chi connectivity index (χ4v) is 1.89. The van der Waals surface area contributed by atoms with Gasteiger partial charge >= 0.3 is 12.0 Å². The van der Waals surface area contributed by atoms with Gasteiger partial charge in [-0.1, -0.05) is 6.07 Å². The molecule has 0 aliphatic heterocycles. The number of amides is 2. The van der Waals surface area contributed by atoms with E-state index in [1.165, 1.54) is 17.0 Å². The number of carboxylic acid groups (broad SMARTS) is 1. The van der Waals surface area contributed by atoms with E-state index < -0.39 is 17.5 Å². The summed E-state index contributed by atoms with van der Waals surface area (Å²) in [5, 5.41) is 21.0. The highest BCUT2D eigenvalue weighted by Crippen LogP contribution is 2.36. The molecular weight excluding hydrogens is 248 g/mol. The van der Waals surface area contributed by atoms with Crippen molar-refractivity contribution in [1.29, 1.82) is 0 Å². The van der Waals surface area contributed by atoms with Crippen LogP contribution in [0.1, 0.15) is 19.8 Å². The second kappa shape index (κ2) is 4.79. The van der Waals surface area contributed by atoms with Gasteiger partial charge in [-0.3, -0.25) is 4.90 Å². The smallest absolute Gasteiger partial charge is 0.329 e. The number of hydrogen-bond acceptors (Lipinski definition) is 3. The Morgan fingerprint density at radius 2 is 2.11 bits per heavy atom. The highest BCUT2D eigenvalue weighted by molar-refractivity contribution is 5.97. The van der Waals surface area contributed by atoms with Gasteiger partial charge in [0.25, 0.3) is 0 Å². The van der Waals surface area contributed by atoms with Crippen LogP contribution in [0.25, 0.3) is 0 Å². The van der Waals surface area contributed by atoms with Crippen molar-refractivity contribution >= 4 is 17.7 Å². The fraction of sp³-hybridized carbons (Fsp3) is 0.385. The van der Waals surface area contributed by atoms with Crippen molar-refractivity contribution in [2.24, 2.45) is 0 Å². The van der Waals surface area contributed by atoms with Crippen LogP contribution in [0.5, 0.6) is 5.75 Å². The molecule has 6 heteroatoms. The van der Waals surface area contributed by atoms with Gasteiger partial charge in [0.15, 0.2) is 0 Å². The van der Waals surface area contributed by atoms with E-state index in [4.69, 9.17) is 5.11 Å². The fourth-order valence-electron chi connectivity index (χ4n) is 1.89. The van der Waals surface area contributed by atoms with Gasteiger partial charge in [0, 0.05) is 18.3 Å². The molecule has 1 aromatic rings. The third-order valence-electron chi connectivity index (χ3n) is 3.21. The lowest BCUT2D eigenvalue weighted by atomic mass is 10.2. The predicted molar refractivity (Wildman–Crippen MR) is 69.3 cm³/mol. The number of benzene rings is 1. The first-order valence-electron chi connectivity index (χ1n) is 6.10. The molecule has 0 aromatic heterocycles. The zero-order valence-electron chi connectivity index (χ0n) is 10.6. The van der Waals surface area contributed by atoms with Crippen molar-refractivity contribution < 1.29 is 19.8 Å². The zero-order valence-corrected chi connectivity index (χ0v) is 10.6. The molecule has 0 atom stereocenters. The van der Waals surface area contributed by atoms with Crippen LogP contribution >= 0.6 is 0 Å². The molecule has 1 saturated carbocycles. The number of aliphatic carboxylic acids is 1. The first kappa shape index (κ1) is 13.2. The van der Waals surface area contributed by atoms with E-state index in [0.29, 0.717) is 25.1 Å². The number of nitrogens with zero attached hydrogens (tertiary/aromatic N) is 1. The Labute approximate surface area is 110 Å². The average Bonchev–Trinajstić information content (AvgIpc) is 3.11. The van der Waals surface area contributed by atoms with Crippen LogP contribution in [0.2, 0.25) is 0 Å². The summed E-state index contributed by atoms with van der Waals surface area (Å²) in [6.07, 6.45) is 0.900. The third-order valence-corrected chi connectivity index (χ3v) is 3.21. The monoisotopic (exact) mass is 264 g/mol. The van der Waals surface area contributed by atoms with E-state index >= 15 is 0 Å². The second-order valence-electron chi connectivity index (χ2n) is 4.58. The Bertz CT molecular complexity index is 511. The summed E-state index contributed by atoms with van der Waals surface area (Å²) in [5.41, 5.74) is -0.581. The predicted octanol–water partition coefficient (Wildman–Crippen LogP) is 1.55. The van der Waals surface area contributed by atoms with Crippen molar-refractivity contribution in [3.05, 3.63) is 24.3 Å². The molecule has 2 amide bonds. The van der Waals surface area contributed by atoms with E-state index in [-0.39, 0.29) is 5.75 Å². The van der Waals surface area contributed by atoms with Crippen LogP contribution in [0.4, 0.5) is 10.5 Å². The van der Waals surface area contributed by atoms with Gasteiger partial charge in [-0.25, -0.2) is 9.59 Å². The van der Waals surface area contributed by atoms with Crippen molar-refractivity contribution in [2.45, 2.75) is 25.3 Å². The summed E-state index contributed by atoms with van der Waals surface area (Å²) >= 11 is 0. The summed E-state index contributed by atoms with van der Waals surface area (Å²) in [6, 6.07) is 5.82. The summed E-state index contributed by atoms with van der Waals surface area (Å²) in [6.45, 7) is 2.16. The highest BCUT2D eigenvalue weighted by Gasteiger charge is 2.52. The van der Waals surface area contributed by atoms with E-state index in [9.17, 15) is 14.7 Å². The van der Waals surface area contributed by atoms with E-state index in [1.54, 1.807) is 19.1 Å². The van der Waals surface area contributed by atoms with Gasteiger partial charge < -0.3 is 15.5 Å². The normalized spacial score (nSPS) is 15.6. The average molecular weight is 264 g/mol. The number of rotatable bonds is 4. The number of phenolic OH excluding ortho intramolecular Hbond substituents is 1. The number of carboxylic acids is 1. The Kier molecular flexibility index (Phi) is 3.33. The molecule has 0 unspecified atom stereocenters. The lowest BCUT2D eigenvalue weighted by Gasteiger charge is -2.24. The molecule has 1 aliphatic rings. The van der Waals surface area contributed by atoms with Crippen molar-refractivity contribution in [3.63, 3.8) is 0 Å². The number of phenols is 1. The zero-order chi connectivity index (χ0) is 14.0. The number of carbonyl (C=O) groups is 2. The molecule has 0 heterocycles. The van der Waals surface area contributed by atoms with Gasteiger partial charge in [-0.2, -0.15) is 0 Å². The van der Waals surface area contributed by atoms with Crippen molar-refractivity contribution in [2.75, 3.05) is 11.4 Å². The first-order valence-corrected chi connectivity index (χ1v) is 6.10. The van der Waals surface area contributed by atoms with Gasteiger partial charge in [-0.15, -0.1) is 0 Å². The standard InChI is InChI=1S/C13H16N2O4/c1-2-15(9-4-3-5-10(16)8-9)12(19)14-13(6-7-13)11(17)18/h3-5,8,16H,2,6-7H2,1H3,(H,14,19)(H,17,18). The molecule has 102 valence electrons. The Hall–Kier alpha value is -2.24. The number of hydrogen-bond donors (Lipinski definition) is 3. The van der Waals surface area contributed by atoms with Crippen LogP contribution in [0.15, 0.2) is 24.3 Å². The maximum absolute atomic E-state index is 12.1. The number of carbonyl (C=O) groups excluding carboxylic acids is 1. The topological polar surface area (TPSA) is 89.9 Å². The molecule has 0 saturated heterocycles. The minimum atomic E-state index is -1.11. The van der Waals surface area contributed by atoms with Gasteiger partial charge in [0.05, 0.1) is 0 Å². The molecule has 6 nitrogen and oxygen atoms in total. The Morgan fingerprint density at radius 1 is 1.42 bits per heavy atom. The van der Waals surface area contributed by atoms with Gasteiger partial charge in [0.2, 0.25) is 0 Å². The highest BCUT2D eigenvalue weighted by atomic mass is 16.4. The lowest BCUT2D eigenvalue weighted by molar-refractivity contribution is -0.140. The van der Waals surface area contributed by atoms with E-state index in [1.807, 2.05) is 0 Å². The molecule has 2 rings (SSSR count). The van der Waals surface area contributed by atoms with Crippen LogP contribution in [0, 0.1) is 0 Å². The van der Waals surface area contributed by atoms with E-state index in [0.717, 1.165) is 0 Å². The molecule has 1 aliphatic carbocycles. The molecular formula is C13H16N2O4. The van der Waals surface area contributed by atoms with Gasteiger partial charge in [-0.05, 0) is 31.9 Å². The lowest BCUT2D eigenvalue weighted by Crippen LogP contribution is -2.49. The number of nitrogens with one attached hydrogen (secondary N) is 1. The summed E-state index contributed by atoms with van der Waals surface area (Å²) in [4.78, 5) is 24.6. The largest absolute Gasteiger partial charge is 0.508 e. The van der Waals surface area contributed by atoms with E-state index in [2.05, 4.69) is 5.32 Å². The SMILES string of the molecule is CCN(C(=O)NC1(C(=O)O)CC1)c1cccc(O)c1. The van der Waals surface area contributed by atoms with Crippen molar-refractivity contribution in [3.8, 4) is 5.75 Å². The number of urea groups is 1. The quantitative estimate of drug-likeness (QED) is 0.769. The number of aromatic hydroxyl groups is 1. The number of anilines is 1. The Balaban J connectivity index is 2.14. The first-order chi connectivity index (χ1) is 8.98. The van der Waals surface area contributed by atoms with Crippen molar-refractivity contribution in [1.82, 2.24) is 5.32 Å². The van der Waals surface area contributed by atoms with Crippen LogP contribution < -0.4 is 10.2 Å². The summed E-state index contributed by atoms with van der Waals surface area (Å²) in [5.74, 6) is -0.948. The summed E-state index contributed by atoms with van der Waals surface area (Å²) < 4.78 is 0. The molecule has 0 spiro atoms. The third kappa shape index (κ3) is 2.62. The Morgan fingerprint density at radius 3 is 2.58 bits per heavy atom. The maximum Gasteiger partial charge on any atom is 0.329 e. The molecule has 19 heavy (non-hydrogen) atoms.